The fourth-order valence-corrected chi connectivity index (χ4v) is 2.11. The number of fused-ring (bicyclic) bond motifs is 1. The molecule has 0 atom stereocenters. The van der Waals surface area contributed by atoms with Crippen molar-refractivity contribution in [1.29, 1.82) is 0 Å². The van der Waals surface area contributed by atoms with Gasteiger partial charge in [-0.3, -0.25) is 4.98 Å². The molecule has 21 heavy (non-hydrogen) atoms. The first kappa shape index (κ1) is 13.3. The third kappa shape index (κ3) is 2.76. The molecule has 3 aromatic heterocycles. The van der Waals surface area contributed by atoms with Crippen LogP contribution in [-0.4, -0.2) is 24.5 Å². The predicted molar refractivity (Wildman–Crippen MR) is 82.1 cm³/mol. The molecule has 0 amide bonds. The molecule has 3 heterocycles. The summed E-state index contributed by atoms with van der Waals surface area (Å²) in [6.45, 7) is 5.13. The molecule has 7 heteroatoms. The van der Waals surface area contributed by atoms with Crippen molar-refractivity contribution >= 4 is 28.6 Å². The molecule has 108 valence electrons. The maximum absolute atomic E-state index is 5.98. The minimum atomic E-state index is 0.374. The zero-order chi connectivity index (χ0) is 14.8. The molecule has 0 aliphatic heterocycles. The Morgan fingerprint density at radius 2 is 2.00 bits per heavy atom. The quantitative estimate of drug-likeness (QED) is 0.762. The Bertz CT molecular complexity index is 749. The van der Waals surface area contributed by atoms with Gasteiger partial charge in [0.1, 0.15) is 5.52 Å². The van der Waals surface area contributed by atoms with Crippen LogP contribution in [0, 0.1) is 5.92 Å². The number of nitrogens with two attached hydrogens (primary N) is 1. The Morgan fingerprint density at radius 3 is 2.71 bits per heavy atom. The Balaban J connectivity index is 2.00. The van der Waals surface area contributed by atoms with Gasteiger partial charge in [0.2, 0.25) is 5.95 Å². The largest absolute Gasteiger partial charge is 0.382 e. The first-order valence-corrected chi connectivity index (χ1v) is 6.79. The minimum absolute atomic E-state index is 0.374. The first-order valence-electron chi connectivity index (χ1n) is 6.79. The molecule has 0 unspecified atom stereocenters. The third-order valence-corrected chi connectivity index (χ3v) is 2.99. The van der Waals surface area contributed by atoms with E-state index in [-0.39, 0.29) is 0 Å². The van der Waals surface area contributed by atoms with Crippen molar-refractivity contribution in [3.05, 3.63) is 30.9 Å². The summed E-state index contributed by atoms with van der Waals surface area (Å²) < 4.78 is 2.00. The highest BCUT2D eigenvalue weighted by molar-refractivity contribution is 5.83. The maximum atomic E-state index is 5.98. The average Bonchev–Trinajstić information content (AvgIpc) is 2.83. The van der Waals surface area contributed by atoms with Gasteiger partial charge < -0.3 is 15.6 Å². The summed E-state index contributed by atoms with van der Waals surface area (Å²) in [4.78, 5) is 17.0. The van der Waals surface area contributed by atoms with Crippen molar-refractivity contribution in [3.63, 3.8) is 0 Å². The fraction of sp³-hybridized carbons (Fsp3) is 0.286. The number of anilines is 3. The van der Waals surface area contributed by atoms with E-state index in [0.717, 1.165) is 17.9 Å². The molecular formula is C14H17N7. The third-order valence-electron chi connectivity index (χ3n) is 2.99. The van der Waals surface area contributed by atoms with Crippen molar-refractivity contribution in [3.8, 4) is 0 Å². The summed E-state index contributed by atoms with van der Waals surface area (Å²) in [5, 5.41) is 3.12. The number of imidazole rings is 1. The normalized spacial score (nSPS) is 11.2. The summed E-state index contributed by atoms with van der Waals surface area (Å²) in [6.07, 6.45) is 5.16. The van der Waals surface area contributed by atoms with Crippen LogP contribution in [0.15, 0.2) is 30.9 Å². The second-order valence-electron chi connectivity index (χ2n) is 5.26. The van der Waals surface area contributed by atoms with Crippen molar-refractivity contribution in [2.24, 2.45) is 5.92 Å². The fourth-order valence-electron chi connectivity index (χ4n) is 2.11. The molecule has 0 saturated carbocycles. The second kappa shape index (κ2) is 5.35. The van der Waals surface area contributed by atoms with E-state index < -0.39 is 0 Å². The molecule has 3 aromatic rings. The van der Waals surface area contributed by atoms with Gasteiger partial charge >= 0.3 is 0 Å². The number of nitrogen functional groups attached to an aromatic ring is 1. The maximum Gasteiger partial charge on any atom is 0.231 e. The molecule has 0 fully saturated rings. The van der Waals surface area contributed by atoms with Gasteiger partial charge in [0.05, 0.1) is 6.33 Å². The Kier molecular flexibility index (Phi) is 3.39. The zero-order valence-electron chi connectivity index (χ0n) is 12.0. The van der Waals surface area contributed by atoms with Crippen LogP contribution in [0.2, 0.25) is 0 Å². The summed E-state index contributed by atoms with van der Waals surface area (Å²) in [7, 11) is 0. The van der Waals surface area contributed by atoms with Crippen LogP contribution in [0.1, 0.15) is 13.8 Å². The minimum Gasteiger partial charge on any atom is -0.382 e. The van der Waals surface area contributed by atoms with Crippen LogP contribution < -0.4 is 11.1 Å². The highest BCUT2D eigenvalue weighted by Gasteiger charge is 2.12. The van der Waals surface area contributed by atoms with Crippen molar-refractivity contribution in [2.75, 3.05) is 11.1 Å². The molecule has 0 bridgehead atoms. The Labute approximate surface area is 122 Å². The van der Waals surface area contributed by atoms with Crippen LogP contribution in [0.4, 0.5) is 17.5 Å². The van der Waals surface area contributed by atoms with E-state index in [1.807, 2.05) is 16.7 Å². The van der Waals surface area contributed by atoms with Gasteiger partial charge in [-0.1, -0.05) is 13.8 Å². The van der Waals surface area contributed by atoms with E-state index in [0.29, 0.717) is 23.2 Å². The lowest BCUT2D eigenvalue weighted by molar-refractivity contribution is 0.530. The number of nitrogens with one attached hydrogen (secondary N) is 1. The van der Waals surface area contributed by atoms with E-state index in [9.17, 15) is 0 Å². The standard InChI is InChI=1S/C14H17N7/c1-9(2)7-21-8-17-11-12(15)19-14(20-13(11)21)18-10-3-5-16-6-4-10/h3-6,8-9H,7H2,1-2H3,(H3,15,16,18,19,20). The summed E-state index contributed by atoms with van der Waals surface area (Å²) in [5.41, 5.74) is 8.21. The topological polar surface area (TPSA) is 94.5 Å². The van der Waals surface area contributed by atoms with Crippen LogP contribution in [0.3, 0.4) is 0 Å². The molecule has 0 radical (unpaired) electrons. The van der Waals surface area contributed by atoms with Gasteiger partial charge in [-0.2, -0.15) is 9.97 Å². The molecule has 7 nitrogen and oxygen atoms in total. The molecule has 0 aromatic carbocycles. The average molecular weight is 283 g/mol. The van der Waals surface area contributed by atoms with Crippen LogP contribution in [0.25, 0.3) is 11.2 Å². The highest BCUT2D eigenvalue weighted by Crippen LogP contribution is 2.21. The number of hydrogen-bond donors (Lipinski definition) is 2. The molecule has 0 spiro atoms. The van der Waals surface area contributed by atoms with E-state index in [1.165, 1.54) is 0 Å². The first-order chi connectivity index (χ1) is 10.1. The Hall–Kier alpha value is -2.70. The van der Waals surface area contributed by atoms with Gasteiger partial charge in [0, 0.05) is 24.6 Å². The van der Waals surface area contributed by atoms with E-state index >= 15 is 0 Å². The van der Waals surface area contributed by atoms with E-state index in [2.05, 4.69) is 39.1 Å². The van der Waals surface area contributed by atoms with Crippen LogP contribution >= 0.6 is 0 Å². The van der Waals surface area contributed by atoms with Crippen LogP contribution in [0.5, 0.6) is 0 Å². The Morgan fingerprint density at radius 1 is 1.24 bits per heavy atom. The van der Waals surface area contributed by atoms with E-state index in [1.54, 1.807) is 18.7 Å². The highest BCUT2D eigenvalue weighted by atomic mass is 15.2. The van der Waals surface area contributed by atoms with Gasteiger partial charge in [-0.25, -0.2) is 4.98 Å². The van der Waals surface area contributed by atoms with Crippen LogP contribution in [-0.2, 0) is 6.54 Å². The smallest absolute Gasteiger partial charge is 0.231 e. The van der Waals surface area contributed by atoms with Crippen molar-refractivity contribution < 1.29 is 0 Å². The lowest BCUT2D eigenvalue weighted by atomic mass is 10.2. The van der Waals surface area contributed by atoms with Crippen molar-refractivity contribution in [2.45, 2.75) is 20.4 Å². The van der Waals surface area contributed by atoms with Crippen molar-refractivity contribution in [1.82, 2.24) is 24.5 Å². The molecule has 0 aliphatic carbocycles. The van der Waals surface area contributed by atoms with Gasteiger partial charge in [-0.05, 0) is 18.1 Å². The summed E-state index contributed by atoms with van der Waals surface area (Å²) in [6, 6.07) is 3.68. The molecular weight excluding hydrogens is 266 g/mol. The molecule has 0 saturated heterocycles. The summed E-state index contributed by atoms with van der Waals surface area (Å²) >= 11 is 0. The number of aromatic nitrogens is 5. The SMILES string of the molecule is CC(C)Cn1cnc2c(N)nc(Nc3ccncc3)nc21. The zero-order valence-corrected chi connectivity index (χ0v) is 12.0. The number of pyridine rings is 1. The number of nitrogens with zero attached hydrogens (tertiary/aromatic N) is 5. The molecule has 3 N–H and O–H groups in total. The predicted octanol–water partition coefficient (Wildman–Crippen LogP) is 2.20. The molecule has 0 aliphatic rings. The lowest BCUT2D eigenvalue weighted by Gasteiger charge is -2.09. The summed E-state index contributed by atoms with van der Waals surface area (Å²) in [5.74, 6) is 1.32. The van der Waals surface area contributed by atoms with Gasteiger partial charge in [-0.15, -0.1) is 0 Å². The van der Waals surface area contributed by atoms with Gasteiger partial charge in [0.25, 0.3) is 0 Å². The monoisotopic (exact) mass is 283 g/mol. The van der Waals surface area contributed by atoms with Gasteiger partial charge in [0.15, 0.2) is 11.5 Å². The number of rotatable bonds is 4. The van der Waals surface area contributed by atoms with E-state index in [4.69, 9.17) is 5.73 Å². The molecule has 3 rings (SSSR count). The second-order valence-corrected chi connectivity index (χ2v) is 5.26. The number of hydrogen-bond acceptors (Lipinski definition) is 6. The lowest BCUT2D eigenvalue weighted by Crippen LogP contribution is -2.06.